The van der Waals surface area contributed by atoms with E-state index in [1.807, 2.05) is 0 Å². The number of nitrogens with one attached hydrogen (secondary N) is 2. The van der Waals surface area contributed by atoms with Gasteiger partial charge in [-0.15, -0.1) is 0 Å². The third-order valence-electron chi connectivity index (χ3n) is 5.04. The van der Waals surface area contributed by atoms with Crippen LogP contribution in [0.1, 0.15) is 18.1 Å². The molecule has 1 amide bonds. The van der Waals surface area contributed by atoms with Crippen molar-refractivity contribution in [3.8, 4) is 0 Å². The van der Waals surface area contributed by atoms with Crippen LogP contribution in [0.2, 0.25) is 0 Å². The Labute approximate surface area is 200 Å². The molecule has 16 heteroatoms. The van der Waals surface area contributed by atoms with Gasteiger partial charge in [0.1, 0.15) is 12.2 Å². The van der Waals surface area contributed by atoms with E-state index < -0.39 is 46.9 Å². The van der Waals surface area contributed by atoms with Crippen LogP contribution in [0.3, 0.4) is 0 Å². The van der Waals surface area contributed by atoms with Crippen molar-refractivity contribution >= 4 is 17.7 Å². The Bertz CT molecular complexity index is 1130. The van der Waals surface area contributed by atoms with Gasteiger partial charge < -0.3 is 19.9 Å². The number of rotatable bonds is 6. The second-order valence-electron chi connectivity index (χ2n) is 7.67. The highest BCUT2D eigenvalue weighted by Crippen LogP contribution is 2.31. The molecule has 0 aliphatic carbocycles. The molecule has 3 heterocycles. The predicted molar refractivity (Wildman–Crippen MR) is 114 cm³/mol. The van der Waals surface area contributed by atoms with Gasteiger partial charge in [-0.2, -0.15) is 31.4 Å². The van der Waals surface area contributed by atoms with E-state index in [1.54, 1.807) is 10.00 Å². The molecule has 36 heavy (non-hydrogen) atoms. The van der Waals surface area contributed by atoms with Gasteiger partial charge in [0.05, 0.1) is 17.4 Å². The van der Waals surface area contributed by atoms with Gasteiger partial charge in [0.25, 0.3) is 5.56 Å². The first-order valence-corrected chi connectivity index (χ1v) is 10.5. The summed E-state index contributed by atoms with van der Waals surface area (Å²) in [4.78, 5) is 34.2. The van der Waals surface area contributed by atoms with Crippen molar-refractivity contribution in [3.05, 3.63) is 52.2 Å². The summed E-state index contributed by atoms with van der Waals surface area (Å²) < 4.78 is 82.3. The van der Waals surface area contributed by atoms with Crippen LogP contribution in [0.4, 0.5) is 42.8 Å². The minimum absolute atomic E-state index is 0.115. The fraction of sp³-hybridized carbons (Fsp3) is 0.450. The van der Waals surface area contributed by atoms with Crippen LogP contribution in [0.25, 0.3) is 0 Å². The maximum atomic E-state index is 13.1. The minimum Gasteiger partial charge on any atom is -0.445 e. The largest absolute Gasteiger partial charge is 0.445 e. The molecule has 10 nitrogen and oxygen atoms in total. The van der Waals surface area contributed by atoms with Crippen LogP contribution >= 0.6 is 0 Å². The van der Waals surface area contributed by atoms with E-state index in [1.165, 1.54) is 24.0 Å². The van der Waals surface area contributed by atoms with Crippen molar-refractivity contribution in [2.75, 3.05) is 43.0 Å². The number of aromatic amines is 1. The molecule has 2 aromatic rings. The summed E-state index contributed by atoms with van der Waals surface area (Å²) in [6.07, 6.45) is -4.92. The normalized spacial score (nSPS) is 15.8. The number of hydrogen-bond donors (Lipinski definition) is 2. The first-order valence-electron chi connectivity index (χ1n) is 10.5. The van der Waals surface area contributed by atoms with Crippen molar-refractivity contribution in [1.29, 1.82) is 0 Å². The molecule has 196 valence electrons. The zero-order chi connectivity index (χ0) is 26.5. The number of nitrogens with zero attached hydrogens (tertiary/aromatic N) is 5. The lowest BCUT2D eigenvalue weighted by Crippen LogP contribution is -2.49. The number of anilines is 2. The highest BCUT2D eigenvalue weighted by molar-refractivity contribution is 5.68. The number of piperazine rings is 1. The first kappa shape index (κ1) is 26.7. The Hall–Kier alpha value is -3.85. The Kier molecular flexibility index (Phi) is 8.04. The van der Waals surface area contributed by atoms with Crippen molar-refractivity contribution in [1.82, 2.24) is 25.1 Å². The SMILES string of the molecule is CC(/C=C/COC(=O)N1CCN(c2ncc(C(F)(F)F)cn2)CC1)Nc1cn[nH]c(=O)c1C(F)(F)F. The molecule has 0 aromatic carbocycles. The van der Waals surface area contributed by atoms with Crippen LogP contribution < -0.4 is 15.8 Å². The van der Waals surface area contributed by atoms with Crippen molar-refractivity contribution in [2.45, 2.75) is 25.3 Å². The summed E-state index contributed by atoms with van der Waals surface area (Å²) in [5.74, 6) is 0.115. The van der Waals surface area contributed by atoms with E-state index in [4.69, 9.17) is 4.74 Å². The maximum Gasteiger partial charge on any atom is 0.423 e. The number of halogens is 6. The molecule has 3 rings (SSSR count). The van der Waals surface area contributed by atoms with Crippen LogP contribution in [-0.4, -0.2) is 70.0 Å². The smallest absolute Gasteiger partial charge is 0.423 e. The quantitative estimate of drug-likeness (QED) is 0.441. The molecule has 0 radical (unpaired) electrons. The summed E-state index contributed by atoms with van der Waals surface area (Å²) >= 11 is 0. The average Bonchev–Trinajstić information content (AvgIpc) is 2.80. The van der Waals surface area contributed by atoms with Gasteiger partial charge >= 0.3 is 18.4 Å². The fourth-order valence-corrected chi connectivity index (χ4v) is 3.27. The monoisotopic (exact) mass is 521 g/mol. The van der Waals surface area contributed by atoms with Crippen molar-refractivity contribution < 1.29 is 35.9 Å². The third-order valence-corrected chi connectivity index (χ3v) is 5.04. The molecule has 2 N–H and O–H groups in total. The summed E-state index contributed by atoms with van der Waals surface area (Å²) in [6, 6.07) is -0.652. The Balaban J connectivity index is 1.45. The Morgan fingerprint density at radius 2 is 1.75 bits per heavy atom. The number of carbonyl (C=O) groups is 1. The maximum absolute atomic E-state index is 13.1. The Morgan fingerprint density at radius 3 is 2.33 bits per heavy atom. The van der Waals surface area contributed by atoms with E-state index in [0.717, 1.165) is 6.20 Å². The van der Waals surface area contributed by atoms with Crippen LogP contribution in [0.5, 0.6) is 0 Å². The first-order chi connectivity index (χ1) is 16.9. The number of alkyl halides is 6. The summed E-state index contributed by atoms with van der Waals surface area (Å²) in [7, 11) is 0. The molecule has 1 aliphatic rings. The van der Waals surface area contributed by atoms with Gasteiger partial charge in [0.15, 0.2) is 0 Å². The predicted octanol–water partition coefficient (Wildman–Crippen LogP) is 2.91. The number of ether oxygens (including phenoxy) is 1. The minimum atomic E-state index is -4.87. The van der Waals surface area contributed by atoms with Crippen LogP contribution in [0, 0.1) is 0 Å². The number of amides is 1. The molecule has 1 unspecified atom stereocenters. The van der Waals surface area contributed by atoms with E-state index >= 15 is 0 Å². The molecule has 0 saturated carbocycles. The van der Waals surface area contributed by atoms with Crippen molar-refractivity contribution in [3.63, 3.8) is 0 Å². The molecule has 0 spiro atoms. The van der Waals surface area contributed by atoms with Crippen LogP contribution in [0.15, 0.2) is 35.5 Å². The van der Waals surface area contributed by atoms with Crippen LogP contribution in [-0.2, 0) is 17.1 Å². The molecule has 1 saturated heterocycles. The molecule has 2 aromatic heterocycles. The van der Waals surface area contributed by atoms with Gasteiger partial charge in [0, 0.05) is 44.6 Å². The molecular formula is C20H21F6N7O3. The number of aromatic nitrogens is 4. The van der Waals surface area contributed by atoms with Crippen molar-refractivity contribution in [2.24, 2.45) is 0 Å². The van der Waals surface area contributed by atoms with Gasteiger partial charge in [-0.1, -0.05) is 6.08 Å². The summed E-state index contributed by atoms with van der Waals surface area (Å²) in [6.45, 7) is 2.38. The van der Waals surface area contributed by atoms with E-state index in [9.17, 15) is 35.9 Å². The zero-order valence-corrected chi connectivity index (χ0v) is 18.7. The lowest BCUT2D eigenvalue weighted by atomic mass is 10.2. The summed E-state index contributed by atoms with van der Waals surface area (Å²) in [5, 5.41) is 7.63. The molecule has 1 atom stereocenters. The van der Waals surface area contributed by atoms with E-state index in [0.29, 0.717) is 12.4 Å². The van der Waals surface area contributed by atoms with Gasteiger partial charge in [-0.3, -0.25) is 4.79 Å². The standard InChI is InChI=1S/C20H21F6N7O3/c1-12(30-14-11-29-31-16(34)15(14)20(24,25)26)3-2-8-36-18(35)33-6-4-32(5-7-33)17-27-9-13(10-28-17)19(21,22)23/h2-3,9-12H,4-8H2,1H3,(H2,30,31,34)/b3-2+. The van der Waals surface area contributed by atoms with E-state index in [-0.39, 0.29) is 38.7 Å². The second kappa shape index (κ2) is 10.8. The average molecular weight is 521 g/mol. The number of H-pyrrole nitrogens is 1. The van der Waals surface area contributed by atoms with Gasteiger partial charge in [-0.05, 0) is 13.0 Å². The highest BCUT2D eigenvalue weighted by Gasteiger charge is 2.37. The topological polar surface area (TPSA) is 116 Å². The molecule has 1 fully saturated rings. The number of hydrogen-bond acceptors (Lipinski definition) is 8. The zero-order valence-electron chi connectivity index (χ0n) is 18.7. The van der Waals surface area contributed by atoms with Gasteiger partial charge in [0.2, 0.25) is 5.95 Å². The second-order valence-corrected chi connectivity index (χ2v) is 7.67. The fourth-order valence-electron chi connectivity index (χ4n) is 3.27. The van der Waals surface area contributed by atoms with E-state index in [2.05, 4.69) is 20.4 Å². The molecular weight excluding hydrogens is 500 g/mol. The third kappa shape index (κ3) is 6.85. The lowest BCUT2D eigenvalue weighted by Gasteiger charge is -2.34. The lowest BCUT2D eigenvalue weighted by molar-refractivity contribution is -0.139. The molecule has 1 aliphatic heterocycles. The Morgan fingerprint density at radius 1 is 1.11 bits per heavy atom. The number of carbonyl (C=O) groups excluding carboxylic acids is 1. The molecule has 0 bridgehead atoms. The highest BCUT2D eigenvalue weighted by atomic mass is 19.4. The van der Waals surface area contributed by atoms with Gasteiger partial charge in [-0.25, -0.2) is 19.9 Å². The summed E-state index contributed by atoms with van der Waals surface area (Å²) in [5.41, 5.74) is -4.22.